The number of carbonyl (C=O) groups excluding carboxylic acids is 1. The molecule has 0 N–H and O–H groups in total. The zero-order chi connectivity index (χ0) is 23.0. The second-order valence-corrected chi connectivity index (χ2v) is 11.1. The van der Waals surface area contributed by atoms with Gasteiger partial charge in [0.15, 0.2) is 9.84 Å². The van der Waals surface area contributed by atoms with Crippen LogP contribution in [0.1, 0.15) is 24.2 Å². The van der Waals surface area contributed by atoms with E-state index in [9.17, 15) is 13.2 Å². The molecule has 3 heterocycles. The van der Waals surface area contributed by atoms with Crippen LogP contribution in [-0.4, -0.2) is 35.1 Å². The predicted octanol–water partition coefficient (Wildman–Crippen LogP) is 4.06. The fourth-order valence-electron chi connectivity index (χ4n) is 4.75. The number of fused-ring (bicyclic) bond motifs is 3. The van der Waals surface area contributed by atoms with E-state index in [1.807, 2.05) is 22.8 Å². The van der Waals surface area contributed by atoms with Gasteiger partial charge in [-0.25, -0.2) is 13.4 Å². The smallest absolute Gasteiger partial charge is 0.238 e. The molecule has 0 atom stereocenters. The number of carbonyl (C=O) groups is 1. The number of pyridine rings is 1. The predicted molar refractivity (Wildman–Crippen MR) is 126 cm³/mol. The summed E-state index contributed by atoms with van der Waals surface area (Å²) in [6.45, 7) is 0.231. The minimum Gasteiger partial charge on any atom is -0.302 e. The van der Waals surface area contributed by atoms with E-state index in [2.05, 4.69) is 4.98 Å². The van der Waals surface area contributed by atoms with E-state index in [0.717, 1.165) is 29.6 Å². The highest BCUT2D eigenvalue weighted by molar-refractivity contribution is 7.90. The van der Waals surface area contributed by atoms with Crippen LogP contribution >= 0.6 is 11.6 Å². The molecule has 33 heavy (non-hydrogen) atoms. The molecule has 2 aromatic carbocycles. The van der Waals surface area contributed by atoms with E-state index in [0.29, 0.717) is 22.1 Å². The SMILES string of the molecule is CS(=O)(=O)c1cccc(-n2c(CN3C(=O)C4(CC4)c4ccncc43)nc3cc(Cl)ccc32)c1. The van der Waals surface area contributed by atoms with Crippen molar-refractivity contribution in [2.24, 2.45) is 0 Å². The van der Waals surface area contributed by atoms with Crippen LogP contribution in [0.2, 0.25) is 5.02 Å². The minimum atomic E-state index is -3.40. The van der Waals surface area contributed by atoms with Crippen molar-refractivity contribution in [3.05, 3.63) is 77.3 Å². The third kappa shape index (κ3) is 3.08. The number of rotatable bonds is 4. The summed E-state index contributed by atoms with van der Waals surface area (Å²) in [5, 5.41) is 0.548. The summed E-state index contributed by atoms with van der Waals surface area (Å²) in [5.74, 6) is 0.672. The molecular formula is C24H19ClN4O3S. The molecular weight excluding hydrogens is 460 g/mol. The molecule has 1 spiro atoms. The van der Waals surface area contributed by atoms with E-state index in [1.165, 1.54) is 6.26 Å². The average molecular weight is 479 g/mol. The van der Waals surface area contributed by atoms with Crippen LogP contribution in [0.3, 0.4) is 0 Å². The maximum Gasteiger partial charge on any atom is 0.238 e. The third-order valence-corrected chi connectivity index (χ3v) is 7.85. The van der Waals surface area contributed by atoms with E-state index >= 15 is 0 Å². The Bertz CT molecular complexity index is 1570. The molecule has 1 saturated carbocycles. The molecule has 1 aliphatic heterocycles. The van der Waals surface area contributed by atoms with Crippen molar-refractivity contribution in [2.45, 2.75) is 29.7 Å². The van der Waals surface area contributed by atoms with Gasteiger partial charge in [-0.1, -0.05) is 17.7 Å². The average Bonchev–Trinajstić information content (AvgIpc) is 3.47. The van der Waals surface area contributed by atoms with Crippen LogP contribution in [-0.2, 0) is 26.6 Å². The molecule has 0 bridgehead atoms. The number of benzene rings is 2. The van der Waals surface area contributed by atoms with Gasteiger partial charge in [0, 0.05) is 23.2 Å². The second-order valence-electron chi connectivity index (χ2n) is 8.63. The second kappa shape index (κ2) is 6.88. The number of nitrogens with zero attached hydrogens (tertiary/aromatic N) is 4. The Morgan fingerprint density at radius 3 is 2.70 bits per heavy atom. The molecule has 4 aromatic rings. The lowest BCUT2D eigenvalue weighted by molar-refractivity contribution is -0.120. The molecule has 6 rings (SSSR count). The Balaban J connectivity index is 1.53. The Morgan fingerprint density at radius 1 is 1.12 bits per heavy atom. The van der Waals surface area contributed by atoms with E-state index in [4.69, 9.17) is 16.6 Å². The molecule has 1 aliphatic carbocycles. The zero-order valence-electron chi connectivity index (χ0n) is 17.7. The van der Waals surface area contributed by atoms with Crippen molar-refractivity contribution < 1.29 is 13.2 Å². The molecule has 2 aliphatic rings. The van der Waals surface area contributed by atoms with E-state index in [-0.39, 0.29) is 17.3 Å². The van der Waals surface area contributed by atoms with Gasteiger partial charge >= 0.3 is 0 Å². The molecule has 1 fully saturated rings. The first-order valence-electron chi connectivity index (χ1n) is 10.5. The van der Waals surface area contributed by atoms with Crippen LogP contribution in [0.4, 0.5) is 5.69 Å². The molecule has 9 heteroatoms. The molecule has 0 unspecified atom stereocenters. The zero-order valence-corrected chi connectivity index (χ0v) is 19.3. The van der Waals surface area contributed by atoms with Gasteiger partial charge < -0.3 is 4.90 Å². The monoisotopic (exact) mass is 478 g/mol. The minimum absolute atomic E-state index is 0.0621. The highest BCUT2D eigenvalue weighted by Crippen LogP contribution is 2.57. The first-order valence-corrected chi connectivity index (χ1v) is 12.8. The van der Waals surface area contributed by atoms with Crippen molar-refractivity contribution in [2.75, 3.05) is 11.2 Å². The maximum absolute atomic E-state index is 13.4. The number of hydrogen-bond acceptors (Lipinski definition) is 5. The van der Waals surface area contributed by atoms with E-state index < -0.39 is 15.3 Å². The van der Waals surface area contributed by atoms with Crippen LogP contribution in [0.25, 0.3) is 16.7 Å². The quantitative estimate of drug-likeness (QED) is 0.441. The highest BCUT2D eigenvalue weighted by atomic mass is 35.5. The van der Waals surface area contributed by atoms with Gasteiger partial charge in [-0.2, -0.15) is 0 Å². The Labute approximate surface area is 195 Å². The first kappa shape index (κ1) is 20.4. The first-order chi connectivity index (χ1) is 15.8. The van der Waals surface area contributed by atoms with Crippen LogP contribution < -0.4 is 4.90 Å². The molecule has 0 saturated heterocycles. The van der Waals surface area contributed by atoms with Crippen molar-refractivity contribution in [1.29, 1.82) is 0 Å². The van der Waals surface area contributed by atoms with E-state index in [1.54, 1.807) is 47.6 Å². The van der Waals surface area contributed by atoms with Crippen molar-refractivity contribution in [3.8, 4) is 5.69 Å². The highest BCUT2D eigenvalue weighted by Gasteiger charge is 2.59. The van der Waals surface area contributed by atoms with Crippen molar-refractivity contribution in [1.82, 2.24) is 14.5 Å². The number of anilines is 1. The number of halogens is 1. The largest absolute Gasteiger partial charge is 0.302 e. The molecule has 1 amide bonds. The number of aromatic nitrogens is 3. The van der Waals surface area contributed by atoms with Gasteiger partial charge in [0.05, 0.1) is 39.8 Å². The third-order valence-electron chi connectivity index (χ3n) is 6.50. The summed E-state index contributed by atoms with van der Waals surface area (Å²) in [7, 11) is -3.40. The summed E-state index contributed by atoms with van der Waals surface area (Å²) in [6, 6.07) is 14.0. The fraction of sp³-hybridized carbons (Fsp3) is 0.208. The summed E-state index contributed by atoms with van der Waals surface area (Å²) in [4.78, 5) is 24.4. The van der Waals surface area contributed by atoms with Crippen molar-refractivity contribution >= 4 is 44.1 Å². The molecule has 166 valence electrons. The van der Waals surface area contributed by atoms with Gasteiger partial charge in [-0.3, -0.25) is 14.3 Å². The lowest BCUT2D eigenvalue weighted by Crippen LogP contribution is -2.32. The number of imidazole rings is 1. The summed E-state index contributed by atoms with van der Waals surface area (Å²) >= 11 is 6.22. The fourth-order valence-corrected chi connectivity index (χ4v) is 5.57. The van der Waals surface area contributed by atoms with Gasteiger partial charge in [0.25, 0.3) is 0 Å². The van der Waals surface area contributed by atoms with Gasteiger partial charge in [0.1, 0.15) is 5.82 Å². The lowest BCUT2D eigenvalue weighted by atomic mass is 9.99. The van der Waals surface area contributed by atoms with Gasteiger partial charge in [-0.05, 0) is 60.9 Å². The molecule has 2 aromatic heterocycles. The topological polar surface area (TPSA) is 85.2 Å². The standard InChI is InChI=1S/C24H19ClN4O3S/c1-33(31,32)17-4-2-3-16(12-17)29-20-6-5-15(25)11-19(20)27-22(29)14-28-21-13-26-10-7-18(21)24(8-9-24)23(28)30/h2-7,10-13H,8-9,14H2,1H3. The Morgan fingerprint density at radius 2 is 1.94 bits per heavy atom. The summed E-state index contributed by atoms with van der Waals surface area (Å²) in [5.41, 5.74) is 3.49. The Kier molecular flexibility index (Phi) is 4.25. The summed E-state index contributed by atoms with van der Waals surface area (Å²) < 4.78 is 26.3. The van der Waals surface area contributed by atoms with Gasteiger partial charge in [0.2, 0.25) is 5.91 Å². The van der Waals surface area contributed by atoms with Crippen LogP contribution in [0, 0.1) is 0 Å². The lowest BCUT2D eigenvalue weighted by Gasteiger charge is -2.19. The molecule has 7 nitrogen and oxygen atoms in total. The van der Waals surface area contributed by atoms with Crippen LogP contribution in [0.5, 0.6) is 0 Å². The normalized spacial score (nSPS) is 16.5. The number of amides is 1. The maximum atomic E-state index is 13.4. The number of hydrogen-bond donors (Lipinski definition) is 0. The molecule has 0 radical (unpaired) electrons. The van der Waals surface area contributed by atoms with Crippen LogP contribution in [0.15, 0.2) is 65.8 Å². The summed E-state index contributed by atoms with van der Waals surface area (Å²) in [6.07, 6.45) is 6.31. The Hall–Kier alpha value is -3.23. The number of sulfone groups is 1. The van der Waals surface area contributed by atoms with Gasteiger partial charge in [-0.15, -0.1) is 0 Å². The van der Waals surface area contributed by atoms with Crippen molar-refractivity contribution in [3.63, 3.8) is 0 Å².